The van der Waals surface area contributed by atoms with E-state index in [0.717, 1.165) is 75.6 Å². The Balaban J connectivity index is 0.000000561. The zero-order valence-electron chi connectivity index (χ0n) is 26.9. The summed E-state index contributed by atoms with van der Waals surface area (Å²) in [7, 11) is 2.06. The van der Waals surface area contributed by atoms with Crippen molar-refractivity contribution in [3.8, 4) is 0 Å². The van der Waals surface area contributed by atoms with Crippen molar-refractivity contribution >= 4 is 30.1 Å². The van der Waals surface area contributed by atoms with Gasteiger partial charge in [-0.3, -0.25) is 14.5 Å². The summed E-state index contributed by atoms with van der Waals surface area (Å²) >= 11 is 0. The number of aryl methyl sites for hydroxylation is 2. The number of aldehydes is 1. The molecule has 8 nitrogen and oxygen atoms in total. The molecule has 0 aromatic heterocycles. The molecule has 1 heterocycles. The highest BCUT2D eigenvalue weighted by atomic mass is 16.1. The van der Waals surface area contributed by atoms with Crippen LogP contribution in [0.25, 0.3) is 0 Å². The molecule has 1 aliphatic heterocycles. The molecule has 42 heavy (non-hydrogen) atoms. The van der Waals surface area contributed by atoms with Crippen LogP contribution in [0.3, 0.4) is 0 Å². The number of amides is 1. The van der Waals surface area contributed by atoms with Gasteiger partial charge in [0, 0.05) is 19.4 Å². The van der Waals surface area contributed by atoms with Crippen molar-refractivity contribution in [2.24, 2.45) is 33.3 Å². The minimum atomic E-state index is 0.250. The standard InChI is InChI=1S/C25H42N4.C8H13NO.CH3NO/c1-5-20-12-14-23(19(3)16-20)28-25(29-24(26)6-2)15-13-22(18-27-4)17-21-10-8-7-9-11-21;1-8(7-10)6-9-4-2-3-5-9;2-1-3/h12,14,16,21-22,27H,5-11,13,15,17-18H2,1-4H3,(H2,26,28,29);7H,1-6H2;1H,(H2,2,3). The predicted octanol–water partition coefficient (Wildman–Crippen LogP) is 5.88. The van der Waals surface area contributed by atoms with Crippen molar-refractivity contribution < 1.29 is 9.59 Å². The summed E-state index contributed by atoms with van der Waals surface area (Å²) in [5, 5.41) is 3.40. The van der Waals surface area contributed by atoms with E-state index >= 15 is 0 Å². The number of benzene rings is 1. The maximum Gasteiger partial charge on any atom is 0.204 e. The number of carbonyl (C=O) groups excluding carboxylic acids is 2. The van der Waals surface area contributed by atoms with Gasteiger partial charge < -0.3 is 16.8 Å². The lowest BCUT2D eigenvalue weighted by Gasteiger charge is -2.26. The van der Waals surface area contributed by atoms with Crippen LogP contribution in [0.4, 0.5) is 5.69 Å². The van der Waals surface area contributed by atoms with Crippen LogP contribution in [-0.4, -0.2) is 62.5 Å². The highest BCUT2D eigenvalue weighted by Crippen LogP contribution is 2.31. The van der Waals surface area contributed by atoms with Gasteiger partial charge in [0.2, 0.25) is 6.41 Å². The van der Waals surface area contributed by atoms with E-state index in [9.17, 15) is 4.79 Å². The normalized spacial score (nSPS) is 17.0. The van der Waals surface area contributed by atoms with Gasteiger partial charge in [-0.25, -0.2) is 9.98 Å². The fraction of sp³-hybridized carbons (Fsp3) is 0.647. The van der Waals surface area contributed by atoms with Gasteiger partial charge in [-0.15, -0.1) is 0 Å². The summed E-state index contributed by atoms with van der Waals surface area (Å²) in [5.74, 6) is 3.12. The van der Waals surface area contributed by atoms with Gasteiger partial charge in [0.25, 0.3) is 0 Å². The number of primary amides is 1. The van der Waals surface area contributed by atoms with Crippen LogP contribution >= 0.6 is 0 Å². The number of nitrogens with two attached hydrogens (primary N) is 2. The second-order valence-electron chi connectivity index (χ2n) is 11.6. The van der Waals surface area contributed by atoms with Gasteiger partial charge in [0.1, 0.15) is 18.0 Å². The fourth-order valence-electron chi connectivity index (χ4n) is 5.67. The minimum Gasteiger partial charge on any atom is -0.387 e. The topological polar surface area (TPSA) is 126 Å². The number of carbonyl (C=O) groups is 2. The van der Waals surface area contributed by atoms with Crippen molar-refractivity contribution in [3.05, 3.63) is 41.5 Å². The molecule has 1 aliphatic carbocycles. The molecule has 5 N–H and O–H groups in total. The first-order valence-electron chi connectivity index (χ1n) is 15.9. The number of aliphatic imine (C=N–C) groups is 2. The largest absolute Gasteiger partial charge is 0.387 e. The predicted molar refractivity (Wildman–Crippen MR) is 179 cm³/mol. The molecule has 2 aliphatic rings. The zero-order chi connectivity index (χ0) is 31.2. The van der Waals surface area contributed by atoms with E-state index in [2.05, 4.69) is 66.6 Å². The highest BCUT2D eigenvalue weighted by molar-refractivity contribution is 5.97. The molecule has 2 fully saturated rings. The Morgan fingerprint density at radius 1 is 1.14 bits per heavy atom. The second-order valence-corrected chi connectivity index (χ2v) is 11.6. The van der Waals surface area contributed by atoms with Crippen LogP contribution < -0.4 is 16.8 Å². The summed E-state index contributed by atoms with van der Waals surface area (Å²) < 4.78 is 0. The lowest BCUT2D eigenvalue weighted by Crippen LogP contribution is -2.23. The summed E-state index contributed by atoms with van der Waals surface area (Å²) in [5.41, 5.74) is 14.5. The first-order chi connectivity index (χ1) is 20.3. The third-order valence-corrected chi connectivity index (χ3v) is 8.01. The third-order valence-electron chi connectivity index (χ3n) is 8.01. The van der Waals surface area contributed by atoms with E-state index in [1.165, 1.54) is 62.5 Å². The molecular weight excluding hydrogens is 524 g/mol. The number of nitrogens with one attached hydrogen (secondary N) is 1. The van der Waals surface area contributed by atoms with Crippen LogP contribution in [0.1, 0.15) is 95.6 Å². The molecule has 1 aromatic rings. The van der Waals surface area contributed by atoms with Gasteiger partial charge in [0.05, 0.1) is 5.69 Å². The van der Waals surface area contributed by atoms with E-state index in [1.807, 2.05) is 6.92 Å². The number of amidine groups is 2. The van der Waals surface area contributed by atoms with Gasteiger partial charge in [-0.05, 0) is 100 Å². The van der Waals surface area contributed by atoms with Crippen LogP contribution in [0.5, 0.6) is 0 Å². The molecule has 1 saturated carbocycles. The molecular formula is C34H58N6O2. The Morgan fingerprint density at radius 3 is 2.36 bits per heavy atom. The van der Waals surface area contributed by atoms with Gasteiger partial charge in [0.15, 0.2) is 0 Å². The third kappa shape index (κ3) is 16.0. The second kappa shape index (κ2) is 22.7. The quantitative estimate of drug-likeness (QED) is 0.116. The molecule has 0 radical (unpaired) electrons. The Bertz CT molecular complexity index is 978. The van der Waals surface area contributed by atoms with E-state index in [4.69, 9.17) is 15.5 Å². The minimum absolute atomic E-state index is 0.250. The summed E-state index contributed by atoms with van der Waals surface area (Å²) in [6.07, 6.45) is 15.8. The molecule has 236 valence electrons. The average molecular weight is 583 g/mol. The summed E-state index contributed by atoms with van der Waals surface area (Å²) in [4.78, 5) is 30.6. The fourth-order valence-corrected chi connectivity index (χ4v) is 5.67. The molecule has 8 heteroatoms. The van der Waals surface area contributed by atoms with Crippen LogP contribution in [0, 0.1) is 18.8 Å². The van der Waals surface area contributed by atoms with Crippen molar-refractivity contribution in [2.75, 3.05) is 33.2 Å². The average Bonchev–Trinajstić information content (AvgIpc) is 3.51. The Hall–Kier alpha value is -2.84. The van der Waals surface area contributed by atoms with E-state index in [-0.39, 0.29) is 6.41 Å². The zero-order valence-corrected chi connectivity index (χ0v) is 26.9. The Kier molecular flexibility index (Phi) is 20.1. The van der Waals surface area contributed by atoms with E-state index in [1.54, 1.807) is 0 Å². The Morgan fingerprint density at radius 2 is 1.81 bits per heavy atom. The van der Waals surface area contributed by atoms with Crippen molar-refractivity contribution in [1.29, 1.82) is 0 Å². The lowest BCUT2D eigenvalue weighted by atomic mass is 9.81. The van der Waals surface area contributed by atoms with Crippen molar-refractivity contribution in [2.45, 2.75) is 97.8 Å². The van der Waals surface area contributed by atoms with E-state index in [0.29, 0.717) is 17.3 Å². The van der Waals surface area contributed by atoms with Crippen LogP contribution in [-0.2, 0) is 16.0 Å². The number of likely N-dealkylation sites (tertiary alicyclic amines) is 1. The summed E-state index contributed by atoms with van der Waals surface area (Å²) in [6.45, 7) is 14.1. The molecule has 0 spiro atoms. The molecule has 1 saturated heterocycles. The monoisotopic (exact) mass is 582 g/mol. The molecule has 3 rings (SSSR count). The molecule has 1 amide bonds. The van der Waals surface area contributed by atoms with Gasteiger partial charge >= 0.3 is 0 Å². The molecule has 1 atom stereocenters. The maximum atomic E-state index is 10.2. The number of nitrogens with zero attached hydrogens (tertiary/aromatic N) is 3. The van der Waals surface area contributed by atoms with Gasteiger partial charge in [-0.2, -0.15) is 0 Å². The molecule has 1 unspecified atom stereocenters. The number of hydrogen-bond donors (Lipinski definition) is 3. The first-order valence-corrected chi connectivity index (χ1v) is 15.9. The lowest BCUT2D eigenvalue weighted by molar-refractivity contribution is -0.107. The molecule has 0 bridgehead atoms. The van der Waals surface area contributed by atoms with Crippen molar-refractivity contribution in [1.82, 2.24) is 10.2 Å². The summed E-state index contributed by atoms with van der Waals surface area (Å²) in [6, 6.07) is 6.53. The Labute approximate surface area is 255 Å². The van der Waals surface area contributed by atoms with Crippen molar-refractivity contribution in [3.63, 3.8) is 0 Å². The van der Waals surface area contributed by atoms with Gasteiger partial charge in [-0.1, -0.05) is 64.7 Å². The highest BCUT2D eigenvalue weighted by Gasteiger charge is 2.19. The van der Waals surface area contributed by atoms with Crippen LogP contribution in [0.15, 0.2) is 40.3 Å². The maximum absolute atomic E-state index is 10.2. The van der Waals surface area contributed by atoms with E-state index < -0.39 is 0 Å². The number of hydrogen-bond acceptors (Lipinski definition) is 5. The van der Waals surface area contributed by atoms with Crippen LogP contribution in [0.2, 0.25) is 0 Å². The number of rotatable bonds is 13. The molecule has 1 aromatic carbocycles. The smallest absolute Gasteiger partial charge is 0.204 e. The SMILES string of the molecule is C=C(C=O)CN1CCCC1.CCC(N)=NC(CCC(CNC)CC1CCCCC1)=Nc1ccc(CC)cc1C.NC=O. The first kappa shape index (κ1) is 37.2.